The molecule has 1 rings (SSSR count). The van der Waals surface area contributed by atoms with Crippen LogP contribution in [0.3, 0.4) is 0 Å². The summed E-state index contributed by atoms with van der Waals surface area (Å²) in [6.07, 6.45) is 0. The molecule has 0 amide bonds. The van der Waals surface area contributed by atoms with Crippen LogP contribution in [0.25, 0.3) is 10.4 Å². The Morgan fingerprint density at radius 3 is 2.86 bits per heavy atom. The van der Waals surface area contributed by atoms with Gasteiger partial charge in [0.15, 0.2) is 0 Å². The molecule has 0 unspecified atom stereocenters. The van der Waals surface area contributed by atoms with Gasteiger partial charge in [-0.25, -0.2) is 0 Å². The SMILES string of the molecule is [N-]=[N+]=NCCOCCN1CCOCC1. The van der Waals surface area contributed by atoms with Crippen LogP contribution in [0, 0.1) is 0 Å². The maximum Gasteiger partial charge on any atom is 0.0594 e. The quantitative estimate of drug-likeness (QED) is 0.273. The van der Waals surface area contributed by atoms with Crippen molar-refractivity contribution in [3.63, 3.8) is 0 Å². The predicted molar refractivity (Wildman–Crippen MR) is 52.1 cm³/mol. The van der Waals surface area contributed by atoms with Crippen molar-refractivity contribution in [3.8, 4) is 0 Å². The van der Waals surface area contributed by atoms with Crippen LogP contribution < -0.4 is 0 Å². The summed E-state index contributed by atoms with van der Waals surface area (Å²) in [5, 5.41) is 3.38. The van der Waals surface area contributed by atoms with E-state index in [1.807, 2.05) is 0 Å². The van der Waals surface area contributed by atoms with Crippen molar-refractivity contribution in [2.75, 3.05) is 52.6 Å². The molecular weight excluding hydrogens is 184 g/mol. The first-order valence-electron chi connectivity index (χ1n) is 4.82. The van der Waals surface area contributed by atoms with E-state index >= 15 is 0 Å². The Morgan fingerprint density at radius 2 is 2.14 bits per heavy atom. The van der Waals surface area contributed by atoms with Crippen LogP contribution in [-0.2, 0) is 9.47 Å². The van der Waals surface area contributed by atoms with E-state index in [0.717, 1.165) is 32.8 Å². The molecule has 6 nitrogen and oxygen atoms in total. The molecule has 0 spiro atoms. The highest BCUT2D eigenvalue weighted by molar-refractivity contribution is 4.60. The summed E-state index contributed by atoms with van der Waals surface area (Å²) in [5.74, 6) is 0. The molecule has 80 valence electrons. The second-order valence-electron chi connectivity index (χ2n) is 3.02. The molecule has 1 fully saturated rings. The lowest BCUT2D eigenvalue weighted by Crippen LogP contribution is -2.38. The van der Waals surface area contributed by atoms with Crippen LogP contribution in [0.5, 0.6) is 0 Å². The summed E-state index contributed by atoms with van der Waals surface area (Å²) in [4.78, 5) is 4.94. The molecule has 0 N–H and O–H groups in total. The Morgan fingerprint density at radius 1 is 1.36 bits per heavy atom. The van der Waals surface area contributed by atoms with Crippen LogP contribution in [0.4, 0.5) is 0 Å². The van der Waals surface area contributed by atoms with Gasteiger partial charge in [0.25, 0.3) is 0 Å². The second-order valence-corrected chi connectivity index (χ2v) is 3.02. The number of hydrogen-bond donors (Lipinski definition) is 0. The van der Waals surface area contributed by atoms with E-state index in [-0.39, 0.29) is 0 Å². The van der Waals surface area contributed by atoms with Crippen LogP contribution in [0.1, 0.15) is 0 Å². The fourth-order valence-electron chi connectivity index (χ4n) is 1.27. The molecule has 0 aromatic carbocycles. The summed E-state index contributed by atoms with van der Waals surface area (Å²) in [6, 6.07) is 0. The van der Waals surface area contributed by atoms with Gasteiger partial charge in [0, 0.05) is 31.1 Å². The van der Waals surface area contributed by atoms with Gasteiger partial charge in [-0.15, -0.1) is 0 Å². The van der Waals surface area contributed by atoms with E-state index in [9.17, 15) is 0 Å². The zero-order chi connectivity index (χ0) is 10.1. The van der Waals surface area contributed by atoms with Crippen LogP contribution >= 0.6 is 0 Å². The highest BCUT2D eigenvalue weighted by Crippen LogP contribution is 1.95. The average Bonchev–Trinajstić information content (AvgIpc) is 2.25. The van der Waals surface area contributed by atoms with Crippen molar-refractivity contribution < 1.29 is 9.47 Å². The van der Waals surface area contributed by atoms with E-state index in [1.165, 1.54) is 0 Å². The van der Waals surface area contributed by atoms with Gasteiger partial charge in [0.05, 0.1) is 26.4 Å². The van der Waals surface area contributed by atoms with E-state index in [0.29, 0.717) is 19.8 Å². The first-order valence-corrected chi connectivity index (χ1v) is 4.82. The van der Waals surface area contributed by atoms with Crippen molar-refractivity contribution in [3.05, 3.63) is 10.4 Å². The van der Waals surface area contributed by atoms with Gasteiger partial charge in [-0.3, -0.25) is 4.90 Å². The lowest BCUT2D eigenvalue weighted by Gasteiger charge is -2.26. The lowest BCUT2D eigenvalue weighted by molar-refractivity contribution is 0.0213. The topological polar surface area (TPSA) is 70.5 Å². The first-order chi connectivity index (χ1) is 6.93. The minimum absolute atomic E-state index is 0.416. The number of nitrogens with zero attached hydrogens (tertiary/aromatic N) is 4. The molecule has 0 aromatic heterocycles. The Balaban J connectivity index is 1.89. The monoisotopic (exact) mass is 200 g/mol. The van der Waals surface area contributed by atoms with Gasteiger partial charge in [-0.1, -0.05) is 5.11 Å². The summed E-state index contributed by atoms with van der Waals surface area (Å²) in [6.45, 7) is 6.16. The molecule has 0 atom stereocenters. The number of morpholine rings is 1. The van der Waals surface area contributed by atoms with Crippen molar-refractivity contribution in [1.29, 1.82) is 0 Å². The second kappa shape index (κ2) is 7.58. The molecule has 0 radical (unpaired) electrons. The molecule has 1 saturated heterocycles. The third-order valence-corrected chi connectivity index (χ3v) is 2.05. The summed E-state index contributed by atoms with van der Waals surface area (Å²) in [7, 11) is 0. The third kappa shape index (κ3) is 5.04. The summed E-state index contributed by atoms with van der Waals surface area (Å²) in [5.41, 5.74) is 8.01. The van der Waals surface area contributed by atoms with E-state index in [4.69, 9.17) is 15.0 Å². The zero-order valence-electron chi connectivity index (χ0n) is 8.26. The highest BCUT2D eigenvalue weighted by atomic mass is 16.5. The molecule has 1 aliphatic heterocycles. The Hall–Kier alpha value is -0.810. The van der Waals surface area contributed by atoms with Crippen molar-refractivity contribution in [2.45, 2.75) is 0 Å². The molecule has 1 aliphatic rings. The van der Waals surface area contributed by atoms with Gasteiger partial charge in [-0.2, -0.15) is 0 Å². The first kappa shape index (κ1) is 11.3. The fraction of sp³-hybridized carbons (Fsp3) is 1.00. The highest BCUT2D eigenvalue weighted by Gasteiger charge is 2.08. The largest absolute Gasteiger partial charge is 0.380 e. The zero-order valence-corrected chi connectivity index (χ0v) is 8.26. The predicted octanol–water partition coefficient (Wildman–Crippen LogP) is 0.645. The van der Waals surface area contributed by atoms with Gasteiger partial charge >= 0.3 is 0 Å². The molecule has 0 saturated carbocycles. The Bertz CT molecular complexity index is 188. The van der Waals surface area contributed by atoms with Crippen molar-refractivity contribution >= 4 is 0 Å². The molecule has 0 bridgehead atoms. The standard InChI is InChI=1S/C8H16N4O2/c9-11-10-1-5-13-6-2-12-3-7-14-8-4-12/h1-8H2. The number of hydrogen-bond acceptors (Lipinski definition) is 4. The third-order valence-electron chi connectivity index (χ3n) is 2.05. The van der Waals surface area contributed by atoms with E-state index in [1.54, 1.807) is 0 Å². The molecule has 6 heteroatoms. The van der Waals surface area contributed by atoms with Crippen molar-refractivity contribution in [1.82, 2.24) is 4.90 Å². The normalized spacial score (nSPS) is 17.7. The fourth-order valence-corrected chi connectivity index (χ4v) is 1.27. The minimum Gasteiger partial charge on any atom is -0.380 e. The smallest absolute Gasteiger partial charge is 0.0594 e. The van der Waals surface area contributed by atoms with E-state index < -0.39 is 0 Å². The van der Waals surface area contributed by atoms with E-state index in [2.05, 4.69) is 14.9 Å². The minimum atomic E-state index is 0.416. The number of rotatable bonds is 6. The number of ether oxygens (including phenoxy) is 2. The lowest BCUT2D eigenvalue weighted by atomic mass is 10.4. The molecule has 14 heavy (non-hydrogen) atoms. The van der Waals surface area contributed by atoms with Crippen LogP contribution in [0.2, 0.25) is 0 Å². The maximum absolute atomic E-state index is 8.01. The molecule has 0 aliphatic carbocycles. The average molecular weight is 200 g/mol. The van der Waals surface area contributed by atoms with Crippen molar-refractivity contribution in [2.24, 2.45) is 5.11 Å². The van der Waals surface area contributed by atoms with Gasteiger partial charge in [0.1, 0.15) is 0 Å². The molecule has 1 heterocycles. The summed E-state index contributed by atoms with van der Waals surface area (Å²) < 4.78 is 10.5. The van der Waals surface area contributed by atoms with Crippen LogP contribution in [0.15, 0.2) is 5.11 Å². The maximum atomic E-state index is 8.01. The summed E-state index contributed by atoms with van der Waals surface area (Å²) >= 11 is 0. The Labute approximate surface area is 83.4 Å². The van der Waals surface area contributed by atoms with Gasteiger partial charge < -0.3 is 9.47 Å². The molecule has 0 aromatic rings. The van der Waals surface area contributed by atoms with Crippen LogP contribution in [-0.4, -0.2) is 57.5 Å². The molecular formula is C8H16N4O2. The Kier molecular flexibility index (Phi) is 6.10. The number of azide groups is 1. The van der Waals surface area contributed by atoms with Gasteiger partial charge in [-0.05, 0) is 5.53 Å². The van der Waals surface area contributed by atoms with Gasteiger partial charge in [0.2, 0.25) is 0 Å².